The number of carbonyl (C=O) groups is 1. The molecule has 1 amide bonds. The van der Waals surface area contributed by atoms with Gasteiger partial charge in [0.05, 0.1) is 5.02 Å². The average Bonchev–Trinajstić information content (AvgIpc) is 2.30. The second kappa shape index (κ2) is 6.90. The van der Waals surface area contributed by atoms with Gasteiger partial charge in [-0.05, 0) is 38.8 Å². The Morgan fingerprint density at radius 1 is 1.50 bits per heavy atom. The molecule has 0 fully saturated rings. The molecule has 0 aliphatic rings. The molecule has 0 radical (unpaired) electrons. The maximum absolute atomic E-state index is 13.7. The number of ether oxygens (including phenoxy) is 1. The lowest BCUT2D eigenvalue weighted by molar-refractivity contribution is 0.0524. The molecule has 1 atom stereocenters. The highest BCUT2D eigenvalue weighted by molar-refractivity contribution is 6.30. The molecule has 1 unspecified atom stereocenters. The van der Waals surface area contributed by atoms with Crippen molar-refractivity contribution in [2.75, 3.05) is 6.54 Å². The summed E-state index contributed by atoms with van der Waals surface area (Å²) in [4.78, 5) is 11.5. The summed E-state index contributed by atoms with van der Waals surface area (Å²) < 4.78 is 18.8. The molecule has 0 saturated heterocycles. The molecule has 6 heteroatoms. The van der Waals surface area contributed by atoms with Crippen LogP contribution in [0.4, 0.5) is 9.18 Å². The second-order valence-corrected chi connectivity index (χ2v) is 5.97. The molecule has 0 spiro atoms. The van der Waals surface area contributed by atoms with Crippen molar-refractivity contribution in [2.45, 2.75) is 38.8 Å². The zero-order valence-corrected chi connectivity index (χ0v) is 12.6. The molecule has 0 saturated carbocycles. The Kier molecular flexibility index (Phi) is 5.77. The van der Waals surface area contributed by atoms with E-state index in [2.05, 4.69) is 5.32 Å². The first-order valence-electron chi connectivity index (χ1n) is 6.34. The van der Waals surface area contributed by atoms with Gasteiger partial charge in [-0.2, -0.15) is 0 Å². The van der Waals surface area contributed by atoms with Gasteiger partial charge in [-0.25, -0.2) is 9.18 Å². The van der Waals surface area contributed by atoms with Gasteiger partial charge in [0.15, 0.2) is 0 Å². The van der Waals surface area contributed by atoms with E-state index in [1.54, 1.807) is 32.9 Å². The Hall–Kier alpha value is -1.33. The molecule has 4 nitrogen and oxygen atoms in total. The Morgan fingerprint density at radius 2 is 2.15 bits per heavy atom. The van der Waals surface area contributed by atoms with Crippen molar-refractivity contribution in [3.05, 3.63) is 34.6 Å². The third-order valence-corrected chi connectivity index (χ3v) is 2.71. The van der Waals surface area contributed by atoms with Crippen molar-refractivity contribution in [3.63, 3.8) is 0 Å². The van der Waals surface area contributed by atoms with Gasteiger partial charge in [0.25, 0.3) is 0 Å². The number of rotatable bonds is 4. The van der Waals surface area contributed by atoms with Crippen LogP contribution in [0, 0.1) is 5.82 Å². The van der Waals surface area contributed by atoms with E-state index in [1.165, 1.54) is 6.07 Å². The number of hydrogen-bond acceptors (Lipinski definition) is 3. The number of alkyl carbamates (subject to hydrolysis) is 1. The molecule has 0 aliphatic carbocycles. The van der Waals surface area contributed by atoms with E-state index in [9.17, 15) is 9.18 Å². The number of nitrogens with one attached hydrogen (secondary N) is 1. The molecular weight excluding hydrogens is 283 g/mol. The Morgan fingerprint density at radius 3 is 2.75 bits per heavy atom. The first-order valence-corrected chi connectivity index (χ1v) is 6.72. The first kappa shape index (κ1) is 16.7. The van der Waals surface area contributed by atoms with Crippen LogP contribution in [-0.4, -0.2) is 24.3 Å². The summed E-state index contributed by atoms with van der Waals surface area (Å²) in [6, 6.07) is 4.34. The predicted octanol–water partition coefficient (Wildman–Crippen LogP) is 2.87. The summed E-state index contributed by atoms with van der Waals surface area (Å²) in [6.45, 7) is 5.51. The number of amides is 1. The average molecular weight is 303 g/mol. The third-order valence-electron chi connectivity index (χ3n) is 2.42. The molecule has 1 aromatic rings. The van der Waals surface area contributed by atoms with E-state index < -0.39 is 23.6 Å². The fourth-order valence-corrected chi connectivity index (χ4v) is 1.78. The van der Waals surface area contributed by atoms with E-state index in [0.29, 0.717) is 5.56 Å². The van der Waals surface area contributed by atoms with Crippen LogP contribution >= 0.6 is 11.6 Å². The van der Waals surface area contributed by atoms with Crippen molar-refractivity contribution >= 4 is 17.7 Å². The highest BCUT2D eigenvalue weighted by atomic mass is 35.5. The summed E-state index contributed by atoms with van der Waals surface area (Å²) in [5, 5.41) is 2.62. The highest BCUT2D eigenvalue weighted by Gasteiger charge is 2.17. The van der Waals surface area contributed by atoms with Gasteiger partial charge in [-0.15, -0.1) is 0 Å². The van der Waals surface area contributed by atoms with Gasteiger partial charge in [-0.3, -0.25) is 0 Å². The lowest BCUT2D eigenvalue weighted by Crippen LogP contribution is -2.41. The van der Waals surface area contributed by atoms with E-state index in [0.717, 1.165) is 0 Å². The Labute approximate surface area is 123 Å². The topological polar surface area (TPSA) is 64.3 Å². The van der Waals surface area contributed by atoms with E-state index in [-0.39, 0.29) is 18.0 Å². The fraction of sp³-hybridized carbons (Fsp3) is 0.500. The standard InChI is InChI=1S/C14H20ClFN2O2/c1-14(2,3)20-13(19)18-8-10(17)7-9-5-4-6-11(15)12(9)16/h4-6,10H,7-8,17H2,1-3H3,(H,18,19). The van der Waals surface area contributed by atoms with Crippen LogP contribution in [0.15, 0.2) is 18.2 Å². The monoisotopic (exact) mass is 302 g/mol. The largest absolute Gasteiger partial charge is 0.444 e. The van der Waals surface area contributed by atoms with Crippen LogP contribution in [0.25, 0.3) is 0 Å². The summed E-state index contributed by atoms with van der Waals surface area (Å²) >= 11 is 5.69. The van der Waals surface area contributed by atoms with Crippen LogP contribution in [0.1, 0.15) is 26.3 Å². The van der Waals surface area contributed by atoms with Gasteiger partial charge < -0.3 is 15.8 Å². The van der Waals surface area contributed by atoms with Crippen molar-refractivity contribution in [3.8, 4) is 0 Å². The van der Waals surface area contributed by atoms with Gasteiger partial charge in [0.1, 0.15) is 11.4 Å². The van der Waals surface area contributed by atoms with Crippen molar-refractivity contribution in [1.29, 1.82) is 0 Å². The molecule has 0 heterocycles. The fourth-order valence-electron chi connectivity index (χ4n) is 1.59. The van der Waals surface area contributed by atoms with Crippen LogP contribution in [-0.2, 0) is 11.2 Å². The second-order valence-electron chi connectivity index (χ2n) is 5.56. The molecule has 0 aromatic heterocycles. The molecule has 20 heavy (non-hydrogen) atoms. The molecule has 112 valence electrons. The summed E-state index contributed by atoms with van der Waals surface area (Å²) in [7, 11) is 0. The minimum Gasteiger partial charge on any atom is -0.444 e. The summed E-state index contributed by atoms with van der Waals surface area (Å²) in [5.41, 5.74) is 5.72. The minimum absolute atomic E-state index is 0.0646. The lowest BCUT2D eigenvalue weighted by Gasteiger charge is -2.21. The molecule has 3 N–H and O–H groups in total. The normalized spacial score (nSPS) is 12.9. The third kappa shape index (κ3) is 5.75. The minimum atomic E-state index is -0.562. The maximum Gasteiger partial charge on any atom is 0.407 e. The number of nitrogens with two attached hydrogens (primary N) is 1. The number of halogens is 2. The van der Waals surface area contributed by atoms with E-state index in [1.807, 2.05) is 0 Å². The zero-order chi connectivity index (χ0) is 15.3. The van der Waals surface area contributed by atoms with Crippen molar-refractivity contribution < 1.29 is 13.9 Å². The Balaban J connectivity index is 2.46. The van der Waals surface area contributed by atoms with Gasteiger partial charge in [0.2, 0.25) is 0 Å². The van der Waals surface area contributed by atoms with Gasteiger partial charge in [0, 0.05) is 12.6 Å². The number of carbonyl (C=O) groups excluding carboxylic acids is 1. The summed E-state index contributed by atoms with van der Waals surface area (Å²) in [6.07, 6.45) is -0.262. The molecule has 0 bridgehead atoms. The zero-order valence-electron chi connectivity index (χ0n) is 11.9. The molecule has 1 rings (SSSR count). The lowest BCUT2D eigenvalue weighted by atomic mass is 10.1. The van der Waals surface area contributed by atoms with E-state index in [4.69, 9.17) is 22.1 Å². The van der Waals surface area contributed by atoms with Crippen molar-refractivity contribution in [2.24, 2.45) is 5.73 Å². The van der Waals surface area contributed by atoms with Crippen LogP contribution < -0.4 is 11.1 Å². The molecule has 0 aliphatic heterocycles. The smallest absolute Gasteiger partial charge is 0.407 e. The number of hydrogen-bond donors (Lipinski definition) is 2. The quantitative estimate of drug-likeness (QED) is 0.899. The van der Waals surface area contributed by atoms with E-state index >= 15 is 0 Å². The maximum atomic E-state index is 13.7. The van der Waals surface area contributed by atoms with Crippen LogP contribution in [0.3, 0.4) is 0 Å². The van der Waals surface area contributed by atoms with Crippen LogP contribution in [0.2, 0.25) is 5.02 Å². The number of benzene rings is 1. The molecule has 1 aromatic carbocycles. The highest BCUT2D eigenvalue weighted by Crippen LogP contribution is 2.18. The summed E-state index contributed by atoms with van der Waals surface area (Å²) in [5.74, 6) is -0.470. The molecular formula is C14H20ClFN2O2. The first-order chi connectivity index (χ1) is 9.19. The Bertz CT molecular complexity index is 475. The SMILES string of the molecule is CC(C)(C)OC(=O)NCC(N)Cc1cccc(Cl)c1F. The van der Waals surface area contributed by atoms with Crippen LogP contribution in [0.5, 0.6) is 0 Å². The predicted molar refractivity (Wildman–Crippen MR) is 77.3 cm³/mol. The van der Waals surface area contributed by atoms with Gasteiger partial charge >= 0.3 is 6.09 Å². The van der Waals surface area contributed by atoms with Gasteiger partial charge in [-0.1, -0.05) is 23.7 Å². The van der Waals surface area contributed by atoms with Crippen molar-refractivity contribution in [1.82, 2.24) is 5.32 Å².